The molecule has 0 fully saturated rings. The molecule has 0 bridgehead atoms. The van der Waals surface area contributed by atoms with Gasteiger partial charge >= 0.3 is 5.63 Å². The van der Waals surface area contributed by atoms with E-state index < -0.39 is 5.63 Å². The molecule has 2 aromatic carbocycles. The Morgan fingerprint density at radius 2 is 1.76 bits per heavy atom. The fraction of sp³-hybridized carbons (Fsp3) is 0.0909. The summed E-state index contributed by atoms with van der Waals surface area (Å²) in [4.78, 5) is 16.2. The lowest BCUT2D eigenvalue weighted by molar-refractivity contribution is 0.460. The zero-order valence-corrected chi connectivity index (χ0v) is 17.0. The van der Waals surface area contributed by atoms with Crippen molar-refractivity contribution in [2.45, 2.75) is 13.1 Å². The van der Waals surface area contributed by atoms with Crippen LogP contribution in [0.25, 0.3) is 22.1 Å². The Morgan fingerprint density at radius 3 is 2.48 bits per heavy atom. The monoisotopic (exact) mass is 430 g/mol. The van der Waals surface area contributed by atoms with E-state index in [1.54, 1.807) is 24.5 Å². The van der Waals surface area contributed by atoms with Crippen molar-refractivity contribution in [2.75, 3.05) is 0 Å². The number of phenolic OH excluding ortho intramolecular Hbond substituents is 1. The first kappa shape index (κ1) is 22.4. The fourth-order valence-corrected chi connectivity index (χ4v) is 3.13. The normalized spacial score (nSPS) is 10.2. The van der Waals surface area contributed by atoms with Gasteiger partial charge in [0, 0.05) is 36.9 Å². The molecule has 4 aromatic rings. The molecule has 2 heterocycles. The summed E-state index contributed by atoms with van der Waals surface area (Å²) in [6.45, 7) is 0.950. The lowest BCUT2D eigenvalue weighted by Gasteiger charge is -2.12. The molecule has 2 N–H and O–H groups in total. The number of halogens is 2. The van der Waals surface area contributed by atoms with Crippen LogP contribution in [0.15, 0.2) is 82.3 Å². The number of nitrogens with zero attached hydrogens (tertiary/aromatic N) is 1. The maximum Gasteiger partial charge on any atom is 0.336 e. The predicted octanol–water partition coefficient (Wildman–Crippen LogP) is 4.69. The highest BCUT2D eigenvalue weighted by atomic mass is 35.5. The van der Waals surface area contributed by atoms with Crippen molar-refractivity contribution in [3.05, 3.63) is 94.6 Å². The number of pyridine rings is 1. The molecule has 0 atom stereocenters. The van der Waals surface area contributed by atoms with Gasteiger partial charge in [0.2, 0.25) is 0 Å². The van der Waals surface area contributed by atoms with E-state index in [0.29, 0.717) is 24.2 Å². The number of hydrogen-bond donors (Lipinski definition) is 2. The Labute approximate surface area is 180 Å². The number of fused-ring (bicyclic) bond motifs is 1. The summed E-state index contributed by atoms with van der Waals surface area (Å²) in [5.74, 6) is 0.0922. The molecule has 0 aliphatic carbocycles. The molecule has 0 aliphatic rings. The molecule has 0 aliphatic heterocycles. The number of rotatable bonds is 5. The Bertz CT molecular complexity index is 1130. The van der Waals surface area contributed by atoms with Gasteiger partial charge in [0.25, 0.3) is 0 Å². The van der Waals surface area contributed by atoms with Crippen LogP contribution in [0.2, 0.25) is 0 Å². The van der Waals surface area contributed by atoms with Crippen LogP contribution in [-0.4, -0.2) is 10.1 Å². The molecular formula is C22H20Cl2N2O3. The summed E-state index contributed by atoms with van der Waals surface area (Å²) in [5, 5.41) is 14.4. The second-order valence-corrected chi connectivity index (χ2v) is 6.25. The molecule has 0 radical (unpaired) electrons. The van der Waals surface area contributed by atoms with Crippen LogP contribution < -0.4 is 10.9 Å². The second-order valence-electron chi connectivity index (χ2n) is 6.25. The molecule has 7 heteroatoms. The van der Waals surface area contributed by atoms with Crippen LogP contribution in [0.1, 0.15) is 11.1 Å². The standard InChI is InChI=1S/C22H18N2O3.2ClH/c25-20-9-8-17-18(16-6-2-1-3-7-16)11-21(26)27-22(17)19(20)14-24-13-15-5-4-10-23-12-15;;/h1-12,24-25H,13-14H2;2*1H. The van der Waals surface area contributed by atoms with Gasteiger partial charge in [-0.25, -0.2) is 4.79 Å². The smallest absolute Gasteiger partial charge is 0.336 e. The Hall–Kier alpha value is -2.86. The molecule has 0 saturated heterocycles. The quantitative estimate of drug-likeness (QED) is 0.449. The summed E-state index contributed by atoms with van der Waals surface area (Å²) >= 11 is 0. The van der Waals surface area contributed by atoms with E-state index in [2.05, 4.69) is 10.3 Å². The van der Waals surface area contributed by atoms with Crippen LogP contribution >= 0.6 is 24.8 Å². The lowest BCUT2D eigenvalue weighted by Crippen LogP contribution is -2.13. The third-order valence-corrected chi connectivity index (χ3v) is 4.43. The molecule has 2 aromatic heterocycles. The van der Waals surface area contributed by atoms with Gasteiger partial charge in [0.05, 0.1) is 5.56 Å². The van der Waals surface area contributed by atoms with Gasteiger partial charge in [0.1, 0.15) is 11.3 Å². The third kappa shape index (κ3) is 4.95. The van der Waals surface area contributed by atoms with Crippen LogP contribution in [0.3, 0.4) is 0 Å². The summed E-state index contributed by atoms with van der Waals surface area (Å²) < 4.78 is 5.47. The van der Waals surface area contributed by atoms with E-state index in [1.807, 2.05) is 42.5 Å². The van der Waals surface area contributed by atoms with Crippen LogP contribution in [0.4, 0.5) is 0 Å². The maximum absolute atomic E-state index is 12.2. The number of benzene rings is 2. The van der Waals surface area contributed by atoms with Crippen molar-refractivity contribution in [1.82, 2.24) is 10.3 Å². The lowest BCUT2D eigenvalue weighted by atomic mass is 9.99. The van der Waals surface area contributed by atoms with Crippen LogP contribution in [0.5, 0.6) is 5.75 Å². The molecule has 5 nitrogen and oxygen atoms in total. The minimum absolute atomic E-state index is 0. The van der Waals surface area contributed by atoms with Crippen molar-refractivity contribution in [3.63, 3.8) is 0 Å². The van der Waals surface area contributed by atoms with E-state index in [9.17, 15) is 9.90 Å². The summed E-state index contributed by atoms with van der Waals surface area (Å²) in [6, 6.07) is 18.4. The highest BCUT2D eigenvalue weighted by molar-refractivity contribution is 5.95. The van der Waals surface area contributed by atoms with Gasteiger partial charge in [0.15, 0.2) is 0 Å². The molecule has 0 spiro atoms. The first-order valence-corrected chi connectivity index (χ1v) is 8.66. The number of hydrogen-bond acceptors (Lipinski definition) is 5. The zero-order chi connectivity index (χ0) is 18.6. The van der Waals surface area contributed by atoms with E-state index in [1.165, 1.54) is 6.07 Å². The maximum atomic E-state index is 12.2. The van der Waals surface area contributed by atoms with Gasteiger partial charge in [-0.15, -0.1) is 24.8 Å². The van der Waals surface area contributed by atoms with E-state index in [4.69, 9.17) is 4.42 Å². The Balaban J connectivity index is 0.00000150. The average Bonchev–Trinajstić information content (AvgIpc) is 2.70. The minimum atomic E-state index is -0.444. The highest BCUT2D eigenvalue weighted by Crippen LogP contribution is 2.32. The summed E-state index contributed by atoms with van der Waals surface area (Å²) in [5.41, 5.74) is 3.26. The summed E-state index contributed by atoms with van der Waals surface area (Å²) in [7, 11) is 0. The van der Waals surface area contributed by atoms with Crippen molar-refractivity contribution in [1.29, 1.82) is 0 Å². The number of nitrogens with one attached hydrogen (secondary N) is 1. The minimum Gasteiger partial charge on any atom is -0.507 e. The molecule has 0 saturated carbocycles. The largest absolute Gasteiger partial charge is 0.507 e. The molecular weight excluding hydrogens is 411 g/mol. The van der Waals surface area contributed by atoms with Crippen molar-refractivity contribution in [3.8, 4) is 16.9 Å². The molecule has 4 rings (SSSR count). The Morgan fingerprint density at radius 1 is 0.966 bits per heavy atom. The fourth-order valence-electron chi connectivity index (χ4n) is 3.13. The number of phenols is 1. The van der Waals surface area contributed by atoms with Crippen LogP contribution in [-0.2, 0) is 13.1 Å². The highest BCUT2D eigenvalue weighted by Gasteiger charge is 2.14. The van der Waals surface area contributed by atoms with E-state index >= 15 is 0 Å². The van der Waals surface area contributed by atoms with Crippen LogP contribution in [0, 0.1) is 0 Å². The average molecular weight is 431 g/mol. The van der Waals surface area contributed by atoms with E-state index in [0.717, 1.165) is 22.1 Å². The number of aromatic hydroxyl groups is 1. The van der Waals surface area contributed by atoms with Gasteiger partial charge in [-0.2, -0.15) is 0 Å². The predicted molar refractivity (Wildman–Crippen MR) is 119 cm³/mol. The summed E-state index contributed by atoms with van der Waals surface area (Å²) in [6.07, 6.45) is 3.50. The molecule has 0 amide bonds. The molecule has 29 heavy (non-hydrogen) atoms. The molecule has 150 valence electrons. The van der Waals surface area contributed by atoms with Gasteiger partial charge in [-0.3, -0.25) is 4.98 Å². The first-order chi connectivity index (χ1) is 13.2. The second kappa shape index (κ2) is 10.1. The SMILES string of the molecule is Cl.Cl.O=c1cc(-c2ccccc2)c2ccc(O)c(CNCc3cccnc3)c2o1. The number of aromatic nitrogens is 1. The van der Waals surface area contributed by atoms with E-state index in [-0.39, 0.29) is 30.6 Å². The first-order valence-electron chi connectivity index (χ1n) is 8.66. The zero-order valence-electron chi connectivity index (χ0n) is 15.4. The van der Waals surface area contributed by atoms with Crippen molar-refractivity contribution >= 4 is 35.8 Å². The molecule has 0 unspecified atom stereocenters. The third-order valence-electron chi connectivity index (χ3n) is 4.43. The van der Waals surface area contributed by atoms with Gasteiger partial charge in [-0.05, 0) is 34.9 Å². The Kier molecular flexibility index (Phi) is 7.79. The van der Waals surface area contributed by atoms with Crippen molar-refractivity contribution in [2.24, 2.45) is 0 Å². The van der Waals surface area contributed by atoms with Gasteiger partial charge in [-0.1, -0.05) is 36.4 Å². The van der Waals surface area contributed by atoms with Crippen molar-refractivity contribution < 1.29 is 9.52 Å². The van der Waals surface area contributed by atoms with Gasteiger partial charge < -0.3 is 14.8 Å². The topological polar surface area (TPSA) is 75.4 Å².